The third-order valence-corrected chi connectivity index (χ3v) is 8.20. The van der Waals surface area contributed by atoms with Gasteiger partial charge in [0.05, 0.1) is 7.11 Å². The molecule has 0 saturated carbocycles. The van der Waals surface area contributed by atoms with Crippen LogP contribution in [0.5, 0.6) is 5.75 Å². The number of thiol groups is 1. The van der Waals surface area contributed by atoms with E-state index in [0.717, 1.165) is 37.0 Å². The molecular weight excluding hydrogens is 516 g/mol. The van der Waals surface area contributed by atoms with Crippen LogP contribution in [0.3, 0.4) is 0 Å². The van der Waals surface area contributed by atoms with E-state index >= 15 is 0 Å². The number of nitrogens with one attached hydrogen (secondary N) is 3. The normalized spacial score (nSPS) is 25.1. The monoisotopic (exact) mass is 560 g/mol. The van der Waals surface area contributed by atoms with Crippen molar-refractivity contribution in [2.24, 2.45) is 5.92 Å². The number of methoxy groups -OCH3 is 1. The minimum Gasteiger partial charge on any atom is -0.497 e. The molecule has 3 rings (SSSR count). The fourth-order valence-corrected chi connectivity index (χ4v) is 5.47. The highest BCUT2D eigenvalue weighted by atomic mass is 32.1. The Morgan fingerprint density at radius 2 is 1.62 bits per heavy atom. The molecule has 0 aliphatic carbocycles. The van der Waals surface area contributed by atoms with Crippen LogP contribution in [0, 0.1) is 5.92 Å². The summed E-state index contributed by atoms with van der Waals surface area (Å²) in [5, 5.41) is 8.78. The number of carbonyl (C=O) groups is 4. The molecule has 0 radical (unpaired) electrons. The fraction of sp³-hybridized carbons (Fsp3) is 0.655. The van der Waals surface area contributed by atoms with Crippen LogP contribution in [-0.4, -0.2) is 72.1 Å². The van der Waals surface area contributed by atoms with Gasteiger partial charge in [-0.3, -0.25) is 19.2 Å². The van der Waals surface area contributed by atoms with E-state index in [1.807, 2.05) is 26.0 Å². The second-order valence-corrected chi connectivity index (χ2v) is 11.1. The van der Waals surface area contributed by atoms with Crippen molar-refractivity contribution in [3.63, 3.8) is 0 Å². The lowest BCUT2D eigenvalue weighted by atomic mass is 9.95. The van der Waals surface area contributed by atoms with Gasteiger partial charge >= 0.3 is 0 Å². The number of benzene rings is 1. The molecule has 5 atom stereocenters. The molecule has 1 aromatic carbocycles. The minimum atomic E-state index is -0.914. The summed E-state index contributed by atoms with van der Waals surface area (Å²) in [6, 6.07) is 4.17. The summed E-state index contributed by atoms with van der Waals surface area (Å²) in [5.74, 6) is 0.0130. The number of unbranched alkanes of at least 4 members (excludes halogenated alkanes) is 3. The van der Waals surface area contributed by atoms with Gasteiger partial charge in [-0.2, -0.15) is 12.6 Å². The highest BCUT2D eigenvalue weighted by molar-refractivity contribution is 7.80. The molecule has 0 aromatic heterocycles. The predicted octanol–water partition coefficient (Wildman–Crippen LogP) is 2.62. The minimum absolute atomic E-state index is 0.143. The van der Waals surface area contributed by atoms with Crippen molar-refractivity contribution in [3.8, 4) is 5.75 Å². The third kappa shape index (κ3) is 8.37. The fourth-order valence-electron chi connectivity index (χ4n) is 5.25. The van der Waals surface area contributed by atoms with Crippen molar-refractivity contribution >= 4 is 36.3 Å². The topological polar surface area (TPSA) is 117 Å². The van der Waals surface area contributed by atoms with Gasteiger partial charge in [0.2, 0.25) is 23.6 Å². The van der Waals surface area contributed by atoms with E-state index in [2.05, 4.69) is 28.6 Å². The summed E-state index contributed by atoms with van der Waals surface area (Å²) in [7, 11) is 1.58. The summed E-state index contributed by atoms with van der Waals surface area (Å²) in [5.41, 5.74) is 0.835. The predicted molar refractivity (Wildman–Crippen MR) is 154 cm³/mol. The second-order valence-electron chi connectivity index (χ2n) is 10.7. The number of rotatable bonds is 11. The maximum atomic E-state index is 13.7. The van der Waals surface area contributed by atoms with E-state index in [-0.39, 0.29) is 30.1 Å². The Bertz CT molecular complexity index is 988. The summed E-state index contributed by atoms with van der Waals surface area (Å²) < 4.78 is 5.24. The van der Waals surface area contributed by atoms with Crippen LogP contribution in [0.2, 0.25) is 0 Å². The van der Waals surface area contributed by atoms with Crippen molar-refractivity contribution < 1.29 is 23.9 Å². The van der Waals surface area contributed by atoms with Crippen LogP contribution in [0.25, 0.3) is 0 Å². The largest absolute Gasteiger partial charge is 0.497 e. The molecule has 9 nitrogen and oxygen atoms in total. The molecule has 2 fully saturated rings. The zero-order valence-corrected chi connectivity index (χ0v) is 24.3. The first-order valence-electron chi connectivity index (χ1n) is 14.2. The molecule has 4 amide bonds. The Morgan fingerprint density at radius 3 is 2.28 bits per heavy atom. The quantitative estimate of drug-likeness (QED) is 0.245. The van der Waals surface area contributed by atoms with Crippen molar-refractivity contribution in [3.05, 3.63) is 29.8 Å². The Hall–Kier alpha value is -2.75. The molecule has 2 heterocycles. The van der Waals surface area contributed by atoms with Gasteiger partial charge in [0.15, 0.2) is 0 Å². The van der Waals surface area contributed by atoms with E-state index < -0.39 is 30.1 Å². The molecule has 0 spiro atoms. The maximum Gasteiger partial charge on any atom is 0.246 e. The lowest BCUT2D eigenvalue weighted by Crippen LogP contribution is -2.62. The summed E-state index contributed by atoms with van der Waals surface area (Å²) in [6.45, 7) is 4.34. The second kappa shape index (κ2) is 15.1. The van der Waals surface area contributed by atoms with Crippen LogP contribution in [-0.2, 0) is 25.6 Å². The molecule has 1 aromatic rings. The highest BCUT2D eigenvalue weighted by Crippen LogP contribution is 2.23. The first-order chi connectivity index (χ1) is 18.8. The smallest absolute Gasteiger partial charge is 0.246 e. The summed E-state index contributed by atoms with van der Waals surface area (Å²) in [6.07, 6.45) is 6.26. The number of hydrogen-bond acceptors (Lipinski definition) is 6. The molecule has 2 saturated heterocycles. The van der Waals surface area contributed by atoms with Gasteiger partial charge in [0, 0.05) is 13.0 Å². The van der Waals surface area contributed by atoms with Gasteiger partial charge in [-0.25, -0.2) is 0 Å². The average molecular weight is 561 g/mol. The van der Waals surface area contributed by atoms with Crippen LogP contribution in [0.1, 0.15) is 70.8 Å². The Morgan fingerprint density at radius 1 is 0.949 bits per heavy atom. The van der Waals surface area contributed by atoms with E-state index in [1.54, 1.807) is 24.1 Å². The van der Waals surface area contributed by atoms with Gasteiger partial charge in [-0.05, 0) is 55.1 Å². The average Bonchev–Trinajstić information content (AvgIpc) is 3.44. The molecule has 216 valence electrons. The number of fused-ring (bicyclic) bond motifs is 1. The zero-order chi connectivity index (χ0) is 28.4. The van der Waals surface area contributed by atoms with E-state index in [4.69, 9.17) is 4.74 Å². The van der Waals surface area contributed by atoms with Crippen LogP contribution < -0.4 is 20.7 Å². The number of hydrogen-bond donors (Lipinski definition) is 4. The van der Waals surface area contributed by atoms with Gasteiger partial charge in [0.1, 0.15) is 29.9 Å². The molecule has 39 heavy (non-hydrogen) atoms. The van der Waals surface area contributed by atoms with Crippen molar-refractivity contribution in [2.45, 2.75) is 95.8 Å². The first-order valence-corrected chi connectivity index (χ1v) is 14.9. The zero-order valence-electron chi connectivity index (χ0n) is 23.4. The molecule has 2 aliphatic rings. The summed E-state index contributed by atoms with van der Waals surface area (Å²) in [4.78, 5) is 55.9. The van der Waals surface area contributed by atoms with Crippen molar-refractivity contribution in [1.82, 2.24) is 20.9 Å². The molecular formula is C29H44N4O5S. The van der Waals surface area contributed by atoms with E-state index in [1.165, 1.54) is 0 Å². The van der Waals surface area contributed by atoms with Gasteiger partial charge in [-0.15, -0.1) is 0 Å². The lowest BCUT2D eigenvalue weighted by Gasteiger charge is -2.34. The van der Waals surface area contributed by atoms with Gasteiger partial charge in [-0.1, -0.05) is 51.7 Å². The van der Waals surface area contributed by atoms with Gasteiger partial charge < -0.3 is 25.6 Å². The molecule has 0 bridgehead atoms. The number of amides is 4. The SMILES string of the molecule is CCC(C)[C@@H]1NC(=O)[C@@H](Cc2ccc(OC)cc2)NC(=O)[C@H](CCCCCCS)NC(=O)[C@H]2CCCN2C1=O. The van der Waals surface area contributed by atoms with E-state index in [0.29, 0.717) is 38.0 Å². The maximum absolute atomic E-state index is 13.7. The molecule has 2 aliphatic heterocycles. The van der Waals surface area contributed by atoms with Crippen LogP contribution in [0.4, 0.5) is 0 Å². The molecule has 3 N–H and O–H groups in total. The number of carbonyl (C=O) groups excluding carboxylic acids is 4. The van der Waals surface area contributed by atoms with Crippen LogP contribution in [0.15, 0.2) is 24.3 Å². The van der Waals surface area contributed by atoms with Crippen LogP contribution >= 0.6 is 12.6 Å². The third-order valence-electron chi connectivity index (χ3n) is 7.88. The molecule has 10 heteroatoms. The number of ether oxygens (including phenoxy) is 1. The van der Waals surface area contributed by atoms with Gasteiger partial charge in [0.25, 0.3) is 0 Å². The Balaban J connectivity index is 1.91. The summed E-state index contributed by atoms with van der Waals surface area (Å²) >= 11 is 4.26. The van der Waals surface area contributed by atoms with Crippen molar-refractivity contribution in [2.75, 3.05) is 19.4 Å². The lowest BCUT2D eigenvalue weighted by molar-refractivity contribution is -0.144. The Labute approximate surface area is 237 Å². The highest BCUT2D eigenvalue weighted by Gasteiger charge is 2.41. The molecule has 1 unspecified atom stereocenters. The standard InChI is InChI=1S/C29H44N4O5S/c1-4-19(2)25-29(37)33-16-9-11-24(33)28(36)30-22(10-7-5-6-8-17-39)26(34)31-23(27(35)32-25)18-20-12-14-21(38-3)15-13-20/h12-15,19,22-25,39H,4-11,16-18H2,1-3H3,(H,30,36)(H,31,34)(H,32,35)/t19?,22-,23+,24+,25-/m0/s1. The van der Waals surface area contributed by atoms with E-state index in [9.17, 15) is 19.2 Å². The first kappa shape index (κ1) is 30.8. The Kier molecular flexibility index (Phi) is 12.0. The number of nitrogens with zero attached hydrogens (tertiary/aromatic N) is 1. The van der Waals surface area contributed by atoms with Crippen molar-refractivity contribution in [1.29, 1.82) is 0 Å².